The van der Waals surface area contributed by atoms with Crippen molar-refractivity contribution in [1.82, 2.24) is 5.32 Å². The molecule has 0 atom stereocenters. The molecule has 0 saturated carbocycles. The quantitative estimate of drug-likeness (QED) is 0.892. The van der Waals surface area contributed by atoms with Crippen molar-refractivity contribution in [2.45, 2.75) is 25.9 Å². The Bertz CT molecular complexity index is 682. The first-order valence-electron chi connectivity index (χ1n) is 6.89. The summed E-state index contributed by atoms with van der Waals surface area (Å²) in [6, 6.07) is 10.4. The van der Waals surface area contributed by atoms with Gasteiger partial charge in [0.2, 0.25) is 5.91 Å². The number of nitrogens with two attached hydrogens (primary N) is 1. The van der Waals surface area contributed by atoms with Gasteiger partial charge in [0.1, 0.15) is 11.6 Å². The van der Waals surface area contributed by atoms with Crippen molar-refractivity contribution >= 4 is 5.91 Å². The van der Waals surface area contributed by atoms with Gasteiger partial charge in [-0.25, -0.2) is 8.78 Å². The molecule has 2 aromatic carbocycles. The lowest BCUT2D eigenvalue weighted by atomic mass is 10.0. The van der Waals surface area contributed by atoms with Crippen molar-refractivity contribution in [2.24, 2.45) is 5.73 Å². The van der Waals surface area contributed by atoms with Gasteiger partial charge in [-0.1, -0.05) is 24.3 Å². The van der Waals surface area contributed by atoms with Crippen LogP contribution in [0.1, 0.15) is 19.4 Å². The van der Waals surface area contributed by atoms with Crippen molar-refractivity contribution in [1.29, 1.82) is 0 Å². The number of amides is 1. The molecule has 0 aliphatic heterocycles. The molecule has 22 heavy (non-hydrogen) atoms. The zero-order valence-electron chi connectivity index (χ0n) is 12.5. The van der Waals surface area contributed by atoms with Gasteiger partial charge in [0.05, 0.1) is 5.54 Å². The highest BCUT2D eigenvalue weighted by molar-refractivity contribution is 5.83. The molecule has 0 spiro atoms. The Morgan fingerprint density at radius 2 is 1.77 bits per heavy atom. The molecule has 0 fully saturated rings. The lowest BCUT2D eigenvalue weighted by Gasteiger charge is -2.22. The molecule has 1 amide bonds. The molecule has 3 nitrogen and oxygen atoms in total. The number of hydrogen-bond donors (Lipinski definition) is 2. The highest BCUT2D eigenvalue weighted by atomic mass is 19.1. The number of halogens is 2. The van der Waals surface area contributed by atoms with Gasteiger partial charge in [0, 0.05) is 12.1 Å². The van der Waals surface area contributed by atoms with Crippen LogP contribution in [0.25, 0.3) is 11.1 Å². The summed E-state index contributed by atoms with van der Waals surface area (Å²) >= 11 is 0. The minimum atomic E-state index is -0.869. The number of benzene rings is 2. The van der Waals surface area contributed by atoms with Gasteiger partial charge in [-0.05, 0) is 43.2 Å². The standard InChI is InChI=1S/C17H18F2N2O/c1-17(2,16(20)22)21-10-11-3-8-14(15(19)9-11)12-4-6-13(18)7-5-12/h3-9,21H,10H2,1-2H3,(H2,20,22). The first kappa shape index (κ1) is 16.1. The minimum absolute atomic E-state index is 0.316. The minimum Gasteiger partial charge on any atom is -0.368 e. The van der Waals surface area contributed by atoms with Crippen LogP contribution in [0.15, 0.2) is 42.5 Å². The highest BCUT2D eigenvalue weighted by Gasteiger charge is 2.23. The maximum atomic E-state index is 14.2. The van der Waals surface area contributed by atoms with E-state index in [1.165, 1.54) is 30.3 Å². The van der Waals surface area contributed by atoms with Crippen LogP contribution in [0.3, 0.4) is 0 Å². The van der Waals surface area contributed by atoms with Crippen molar-refractivity contribution in [3.05, 3.63) is 59.7 Å². The average Bonchev–Trinajstić information content (AvgIpc) is 2.46. The first-order valence-corrected chi connectivity index (χ1v) is 6.89. The molecule has 0 unspecified atom stereocenters. The first-order chi connectivity index (χ1) is 10.3. The van der Waals surface area contributed by atoms with Crippen LogP contribution in [-0.4, -0.2) is 11.4 Å². The fraction of sp³-hybridized carbons (Fsp3) is 0.235. The van der Waals surface area contributed by atoms with Crippen LogP contribution in [0, 0.1) is 11.6 Å². The van der Waals surface area contributed by atoms with Crippen molar-refractivity contribution in [3.63, 3.8) is 0 Å². The number of nitrogens with one attached hydrogen (secondary N) is 1. The molecule has 116 valence electrons. The molecule has 0 aromatic heterocycles. The summed E-state index contributed by atoms with van der Waals surface area (Å²) < 4.78 is 27.1. The number of hydrogen-bond acceptors (Lipinski definition) is 2. The van der Waals surface area contributed by atoms with Gasteiger partial charge in [0.15, 0.2) is 0 Å². The maximum Gasteiger partial charge on any atom is 0.237 e. The number of primary amides is 1. The second kappa shape index (κ2) is 6.23. The highest BCUT2D eigenvalue weighted by Crippen LogP contribution is 2.24. The zero-order chi connectivity index (χ0) is 16.3. The zero-order valence-corrected chi connectivity index (χ0v) is 12.5. The summed E-state index contributed by atoms with van der Waals surface area (Å²) in [5, 5.41) is 2.98. The molecular formula is C17H18F2N2O. The van der Waals surface area contributed by atoms with E-state index >= 15 is 0 Å². The van der Waals surface area contributed by atoms with Crippen molar-refractivity contribution in [2.75, 3.05) is 0 Å². The molecule has 0 aliphatic carbocycles. The summed E-state index contributed by atoms with van der Waals surface area (Å²) in [5.74, 6) is -1.24. The van der Waals surface area contributed by atoms with E-state index in [-0.39, 0.29) is 5.82 Å². The second-order valence-corrected chi connectivity index (χ2v) is 5.66. The molecule has 0 radical (unpaired) electrons. The molecule has 0 aliphatic rings. The topological polar surface area (TPSA) is 55.1 Å². The number of carbonyl (C=O) groups is 1. The molecule has 5 heteroatoms. The van der Waals surface area contributed by atoms with Gasteiger partial charge in [0.25, 0.3) is 0 Å². The lowest BCUT2D eigenvalue weighted by molar-refractivity contribution is -0.123. The molecular weight excluding hydrogens is 286 g/mol. The molecule has 0 heterocycles. The Balaban J connectivity index is 2.16. The Labute approximate surface area is 128 Å². The van der Waals surface area contributed by atoms with E-state index in [0.29, 0.717) is 23.2 Å². The van der Waals surface area contributed by atoms with Crippen molar-refractivity contribution in [3.8, 4) is 11.1 Å². The third-order valence-electron chi connectivity index (χ3n) is 3.54. The van der Waals surface area contributed by atoms with E-state index in [0.717, 1.165) is 0 Å². The lowest BCUT2D eigenvalue weighted by Crippen LogP contribution is -2.50. The van der Waals surface area contributed by atoms with Crippen LogP contribution < -0.4 is 11.1 Å². The molecule has 2 aromatic rings. The molecule has 0 bridgehead atoms. The Kier molecular flexibility index (Phi) is 4.56. The smallest absolute Gasteiger partial charge is 0.237 e. The summed E-state index contributed by atoms with van der Waals surface area (Å²) in [5.41, 5.74) is 6.10. The van der Waals surface area contributed by atoms with Crippen LogP contribution in [0.2, 0.25) is 0 Å². The van der Waals surface area contributed by atoms with E-state index in [1.54, 1.807) is 26.0 Å². The van der Waals surface area contributed by atoms with Gasteiger partial charge in [-0.2, -0.15) is 0 Å². The third-order valence-corrected chi connectivity index (χ3v) is 3.54. The Morgan fingerprint density at radius 1 is 1.14 bits per heavy atom. The van der Waals surface area contributed by atoms with E-state index in [1.807, 2.05) is 0 Å². The third kappa shape index (κ3) is 3.68. The van der Waals surface area contributed by atoms with Gasteiger partial charge >= 0.3 is 0 Å². The van der Waals surface area contributed by atoms with E-state index in [4.69, 9.17) is 5.73 Å². The summed E-state index contributed by atoms with van der Waals surface area (Å²) in [6.45, 7) is 3.65. The molecule has 0 saturated heterocycles. The van der Waals surface area contributed by atoms with Crippen molar-refractivity contribution < 1.29 is 13.6 Å². The fourth-order valence-corrected chi connectivity index (χ4v) is 1.94. The van der Waals surface area contributed by atoms with Crippen LogP contribution in [-0.2, 0) is 11.3 Å². The van der Waals surface area contributed by atoms with Crippen LogP contribution >= 0.6 is 0 Å². The monoisotopic (exact) mass is 304 g/mol. The van der Waals surface area contributed by atoms with E-state index in [2.05, 4.69) is 5.32 Å². The van der Waals surface area contributed by atoms with Gasteiger partial charge in [-0.3, -0.25) is 10.1 Å². The largest absolute Gasteiger partial charge is 0.368 e. The molecule has 3 N–H and O–H groups in total. The SMILES string of the molecule is CC(C)(NCc1ccc(-c2ccc(F)cc2)c(F)c1)C(N)=O. The summed E-state index contributed by atoms with van der Waals surface area (Å²) in [4.78, 5) is 11.2. The molecule has 2 rings (SSSR count). The Morgan fingerprint density at radius 3 is 2.32 bits per heavy atom. The van der Waals surface area contributed by atoms with E-state index < -0.39 is 17.3 Å². The van der Waals surface area contributed by atoms with Crippen LogP contribution in [0.4, 0.5) is 8.78 Å². The van der Waals surface area contributed by atoms with E-state index in [9.17, 15) is 13.6 Å². The maximum absolute atomic E-state index is 14.2. The van der Waals surface area contributed by atoms with Gasteiger partial charge < -0.3 is 5.73 Å². The van der Waals surface area contributed by atoms with Crippen LogP contribution in [0.5, 0.6) is 0 Å². The normalized spacial score (nSPS) is 11.5. The Hall–Kier alpha value is -2.27. The average molecular weight is 304 g/mol. The predicted octanol–water partition coefficient (Wildman–Crippen LogP) is 2.99. The number of carbonyl (C=O) groups excluding carboxylic acids is 1. The van der Waals surface area contributed by atoms with Gasteiger partial charge in [-0.15, -0.1) is 0 Å². The fourth-order valence-electron chi connectivity index (χ4n) is 1.94. The summed E-state index contributed by atoms with van der Waals surface area (Å²) in [6.07, 6.45) is 0. The second-order valence-electron chi connectivity index (χ2n) is 5.66. The summed E-state index contributed by atoms with van der Waals surface area (Å²) in [7, 11) is 0. The predicted molar refractivity (Wildman–Crippen MR) is 81.9 cm³/mol. The number of rotatable bonds is 5.